The summed E-state index contributed by atoms with van der Waals surface area (Å²) in [4.78, 5) is 38.0. The number of non-ortho nitro benzene ring substituents is 1. The van der Waals surface area contributed by atoms with Crippen LogP contribution in [0.25, 0.3) is 0 Å². The van der Waals surface area contributed by atoms with Crippen LogP contribution in [0.1, 0.15) is 27.9 Å². The summed E-state index contributed by atoms with van der Waals surface area (Å²) in [6, 6.07) is 19.0. The third-order valence-corrected chi connectivity index (χ3v) is 5.50. The van der Waals surface area contributed by atoms with Gasteiger partial charge in [0.05, 0.1) is 23.6 Å². The first kappa shape index (κ1) is 20.7. The fourth-order valence-electron chi connectivity index (χ4n) is 3.78. The normalized spacial score (nSPS) is 17.5. The lowest BCUT2D eigenvalue weighted by Gasteiger charge is -2.23. The Morgan fingerprint density at radius 3 is 2.55 bits per heavy atom. The molecule has 0 saturated carbocycles. The van der Waals surface area contributed by atoms with Gasteiger partial charge in [0.15, 0.2) is 11.4 Å². The second-order valence-corrected chi connectivity index (χ2v) is 7.74. The fourth-order valence-corrected chi connectivity index (χ4v) is 3.99. The van der Waals surface area contributed by atoms with Crippen LogP contribution in [-0.2, 0) is 16.9 Å². The van der Waals surface area contributed by atoms with Crippen molar-refractivity contribution >= 4 is 34.7 Å². The third-order valence-electron chi connectivity index (χ3n) is 5.26. The zero-order valence-corrected chi connectivity index (χ0v) is 17.0. The molecule has 4 rings (SSSR count). The predicted octanol–water partition coefficient (Wildman–Crippen LogP) is 4.26. The Bertz CT molecular complexity index is 1210. The van der Waals surface area contributed by atoms with Gasteiger partial charge in [-0.1, -0.05) is 54.1 Å². The number of fused-ring (bicyclic) bond motifs is 1. The second kappa shape index (κ2) is 7.94. The Labute approximate surface area is 182 Å². The number of nitro groups is 1. The Balaban J connectivity index is 1.67. The number of ketones is 1. The van der Waals surface area contributed by atoms with Crippen molar-refractivity contribution in [2.45, 2.75) is 18.6 Å². The number of para-hydroxylation sites is 1. The number of nitrogens with zero attached hydrogens (tertiary/aromatic N) is 2. The summed E-state index contributed by atoms with van der Waals surface area (Å²) in [7, 11) is 0. The first-order chi connectivity index (χ1) is 14.8. The standard InChI is InChI=1S/C23H17ClN2O5/c24-17-7-3-5-15(11-17)14-25-20-10-2-1-9-19(20)23(29,22(25)28)13-21(27)16-6-4-8-18(12-16)26(30)31/h1-12,29H,13-14H2. The third kappa shape index (κ3) is 3.81. The van der Waals surface area contributed by atoms with Crippen molar-refractivity contribution in [3.63, 3.8) is 0 Å². The van der Waals surface area contributed by atoms with Crippen molar-refractivity contribution in [1.82, 2.24) is 0 Å². The molecule has 7 nitrogen and oxygen atoms in total. The van der Waals surface area contributed by atoms with Gasteiger partial charge in [0.25, 0.3) is 11.6 Å². The molecule has 1 aliphatic heterocycles. The molecule has 0 fully saturated rings. The molecule has 156 valence electrons. The van der Waals surface area contributed by atoms with E-state index < -0.39 is 28.6 Å². The molecule has 1 unspecified atom stereocenters. The number of aliphatic hydroxyl groups is 1. The Hall–Kier alpha value is -3.55. The van der Waals surface area contributed by atoms with Crippen LogP contribution in [0.5, 0.6) is 0 Å². The molecule has 0 radical (unpaired) electrons. The van der Waals surface area contributed by atoms with Gasteiger partial charge >= 0.3 is 0 Å². The Morgan fingerprint density at radius 1 is 1.06 bits per heavy atom. The van der Waals surface area contributed by atoms with E-state index in [4.69, 9.17) is 11.6 Å². The molecule has 3 aromatic carbocycles. The van der Waals surface area contributed by atoms with E-state index in [0.717, 1.165) is 11.6 Å². The van der Waals surface area contributed by atoms with E-state index in [9.17, 15) is 24.8 Å². The number of halogens is 1. The lowest BCUT2D eigenvalue weighted by atomic mass is 9.88. The van der Waals surface area contributed by atoms with Crippen LogP contribution < -0.4 is 4.90 Å². The molecule has 1 heterocycles. The molecule has 31 heavy (non-hydrogen) atoms. The highest BCUT2D eigenvalue weighted by Crippen LogP contribution is 2.43. The maximum atomic E-state index is 13.3. The molecule has 0 bridgehead atoms. The maximum absolute atomic E-state index is 13.3. The molecule has 1 amide bonds. The van der Waals surface area contributed by atoms with Crippen molar-refractivity contribution in [2.24, 2.45) is 0 Å². The summed E-state index contributed by atoms with van der Waals surface area (Å²) in [6.45, 7) is 0.170. The minimum Gasteiger partial charge on any atom is -0.375 e. The second-order valence-electron chi connectivity index (χ2n) is 7.31. The number of amides is 1. The van der Waals surface area contributed by atoms with Crippen LogP contribution in [-0.4, -0.2) is 21.7 Å². The van der Waals surface area contributed by atoms with Gasteiger partial charge in [-0.25, -0.2) is 0 Å². The average Bonchev–Trinajstić information content (AvgIpc) is 2.96. The molecule has 3 aromatic rings. The van der Waals surface area contributed by atoms with Gasteiger partial charge in [-0.3, -0.25) is 19.7 Å². The van der Waals surface area contributed by atoms with Crippen molar-refractivity contribution in [3.05, 3.63) is 105 Å². The van der Waals surface area contributed by atoms with Crippen LogP contribution in [0.15, 0.2) is 72.8 Å². The fraction of sp³-hybridized carbons (Fsp3) is 0.130. The molecule has 1 atom stereocenters. The van der Waals surface area contributed by atoms with Crippen molar-refractivity contribution < 1.29 is 19.6 Å². The van der Waals surface area contributed by atoms with Gasteiger partial charge in [-0.05, 0) is 23.8 Å². The number of hydrogen-bond acceptors (Lipinski definition) is 5. The SMILES string of the molecule is O=C(CC1(O)C(=O)N(Cc2cccc(Cl)c2)c2ccccc21)c1cccc([N+](=O)[O-])c1. The van der Waals surface area contributed by atoms with E-state index in [0.29, 0.717) is 16.3 Å². The van der Waals surface area contributed by atoms with Crippen LogP contribution in [0.2, 0.25) is 5.02 Å². The van der Waals surface area contributed by atoms with Gasteiger partial charge in [-0.15, -0.1) is 0 Å². The van der Waals surface area contributed by atoms with Crippen molar-refractivity contribution in [3.8, 4) is 0 Å². The molecular formula is C23H17ClN2O5. The monoisotopic (exact) mass is 436 g/mol. The Kier molecular flexibility index (Phi) is 5.31. The number of carbonyl (C=O) groups excluding carboxylic acids is 2. The molecule has 8 heteroatoms. The van der Waals surface area contributed by atoms with E-state index in [2.05, 4.69) is 0 Å². The van der Waals surface area contributed by atoms with E-state index in [-0.39, 0.29) is 17.8 Å². The van der Waals surface area contributed by atoms with Gasteiger partial charge in [0.1, 0.15) is 0 Å². The highest BCUT2D eigenvalue weighted by Gasteiger charge is 2.50. The number of nitro benzene ring substituents is 1. The summed E-state index contributed by atoms with van der Waals surface area (Å²) in [5, 5.41) is 22.9. The van der Waals surface area contributed by atoms with Gasteiger partial charge in [0.2, 0.25) is 0 Å². The van der Waals surface area contributed by atoms with Gasteiger partial charge in [0, 0.05) is 28.3 Å². The van der Waals surface area contributed by atoms with Crippen LogP contribution in [0.3, 0.4) is 0 Å². The minimum atomic E-state index is -2.07. The average molecular weight is 437 g/mol. The lowest BCUT2D eigenvalue weighted by Crippen LogP contribution is -2.41. The number of benzene rings is 3. The van der Waals surface area contributed by atoms with Crippen LogP contribution >= 0.6 is 11.6 Å². The summed E-state index contributed by atoms with van der Waals surface area (Å²) in [5.74, 6) is -1.20. The summed E-state index contributed by atoms with van der Waals surface area (Å²) in [5.41, 5.74) is -0.663. The van der Waals surface area contributed by atoms with Crippen molar-refractivity contribution in [2.75, 3.05) is 4.90 Å². The molecule has 1 N–H and O–H groups in total. The number of hydrogen-bond donors (Lipinski definition) is 1. The highest BCUT2D eigenvalue weighted by atomic mass is 35.5. The summed E-state index contributed by atoms with van der Waals surface area (Å²) < 4.78 is 0. The maximum Gasteiger partial charge on any atom is 0.270 e. The first-order valence-corrected chi connectivity index (χ1v) is 9.83. The zero-order chi connectivity index (χ0) is 22.2. The summed E-state index contributed by atoms with van der Waals surface area (Å²) >= 11 is 6.05. The molecule has 0 aromatic heterocycles. The minimum absolute atomic E-state index is 0.0567. The predicted molar refractivity (Wildman–Crippen MR) is 115 cm³/mol. The van der Waals surface area contributed by atoms with Gasteiger partial charge < -0.3 is 10.0 Å². The lowest BCUT2D eigenvalue weighted by molar-refractivity contribution is -0.384. The number of Topliss-reactive ketones (excluding diaryl/α,β-unsaturated/α-hetero) is 1. The van der Waals surface area contributed by atoms with E-state index >= 15 is 0 Å². The Morgan fingerprint density at radius 2 is 1.81 bits per heavy atom. The van der Waals surface area contributed by atoms with Crippen molar-refractivity contribution in [1.29, 1.82) is 0 Å². The molecular weight excluding hydrogens is 420 g/mol. The van der Waals surface area contributed by atoms with E-state index in [1.165, 1.54) is 23.1 Å². The number of rotatable bonds is 6. The highest BCUT2D eigenvalue weighted by molar-refractivity contribution is 6.30. The number of anilines is 1. The van der Waals surface area contributed by atoms with Gasteiger partial charge in [-0.2, -0.15) is 0 Å². The molecule has 0 aliphatic carbocycles. The van der Waals surface area contributed by atoms with E-state index in [1.54, 1.807) is 42.5 Å². The topological polar surface area (TPSA) is 101 Å². The smallest absolute Gasteiger partial charge is 0.270 e. The largest absolute Gasteiger partial charge is 0.375 e. The first-order valence-electron chi connectivity index (χ1n) is 9.45. The van der Waals surface area contributed by atoms with E-state index in [1.807, 2.05) is 6.07 Å². The zero-order valence-electron chi connectivity index (χ0n) is 16.2. The number of carbonyl (C=O) groups is 2. The molecule has 0 spiro atoms. The summed E-state index contributed by atoms with van der Waals surface area (Å²) in [6.07, 6.45) is -0.532. The quantitative estimate of drug-likeness (QED) is 0.353. The molecule has 0 saturated heterocycles. The molecule has 1 aliphatic rings. The van der Waals surface area contributed by atoms with Crippen LogP contribution in [0, 0.1) is 10.1 Å². The van der Waals surface area contributed by atoms with Crippen LogP contribution in [0.4, 0.5) is 11.4 Å².